The molecule has 0 aliphatic carbocycles. The number of likely N-dealkylation sites (tertiary alicyclic amines) is 1. The Morgan fingerprint density at radius 2 is 2.11 bits per heavy atom. The van der Waals surface area contributed by atoms with Crippen molar-refractivity contribution >= 4 is 24.0 Å². The molecule has 0 radical (unpaired) electrons. The highest BCUT2D eigenvalue weighted by atomic mass is 35.5. The molecular formula is C14H22ClN3O. The van der Waals surface area contributed by atoms with Crippen LogP contribution in [0.3, 0.4) is 0 Å². The highest BCUT2D eigenvalue weighted by Gasteiger charge is 2.37. The Bertz CT molecular complexity index is 429. The first-order valence-electron chi connectivity index (χ1n) is 6.61. The largest absolute Gasteiger partial charge is 0.397 e. The zero-order valence-electron chi connectivity index (χ0n) is 11.6. The number of hydrogen-bond acceptors (Lipinski definition) is 3. The lowest BCUT2D eigenvalue weighted by atomic mass is 9.82. The lowest BCUT2D eigenvalue weighted by molar-refractivity contribution is 0.0764. The second-order valence-corrected chi connectivity index (χ2v) is 5.16. The third-order valence-electron chi connectivity index (χ3n) is 4.23. The second-order valence-electron chi connectivity index (χ2n) is 5.16. The molecule has 1 aromatic rings. The average molecular weight is 284 g/mol. The van der Waals surface area contributed by atoms with Gasteiger partial charge in [-0.3, -0.25) is 4.79 Å². The van der Waals surface area contributed by atoms with Gasteiger partial charge in [0.2, 0.25) is 0 Å². The maximum Gasteiger partial charge on any atom is 0.272 e. The predicted octanol–water partition coefficient (Wildman–Crippen LogP) is 2.74. The third-order valence-corrected chi connectivity index (χ3v) is 4.23. The molecule has 1 amide bonds. The highest BCUT2D eigenvalue weighted by Crippen LogP contribution is 2.37. The Labute approximate surface area is 120 Å². The van der Waals surface area contributed by atoms with Gasteiger partial charge in [0, 0.05) is 13.1 Å². The number of carbonyl (C=O) groups is 1. The van der Waals surface area contributed by atoms with Crippen LogP contribution in [0.2, 0.25) is 0 Å². The fourth-order valence-corrected chi connectivity index (χ4v) is 2.63. The van der Waals surface area contributed by atoms with Crippen molar-refractivity contribution in [3.8, 4) is 0 Å². The van der Waals surface area contributed by atoms with Gasteiger partial charge in [-0.15, -0.1) is 12.4 Å². The summed E-state index contributed by atoms with van der Waals surface area (Å²) in [5.74, 6) is 0.0266. The molecular weight excluding hydrogens is 262 g/mol. The number of nitrogen functional groups attached to an aromatic ring is 1. The molecule has 106 valence electrons. The van der Waals surface area contributed by atoms with Crippen LogP contribution < -0.4 is 5.73 Å². The Morgan fingerprint density at radius 3 is 2.58 bits per heavy atom. The van der Waals surface area contributed by atoms with E-state index in [-0.39, 0.29) is 18.3 Å². The minimum Gasteiger partial charge on any atom is -0.397 e. The minimum absolute atomic E-state index is 0. The van der Waals surface area contributed by atoms with Gasteiger partial charge in [-0.1, -0.05) is 13.8 Å². The van der Waals surface area contributed by atoms with E-state index >= 15 is 0 Å². The van der Waals surface area contributed by atoms with Crippen LogP contribution in [0.5, 0.6) is 0 Å². The van der Waals surface area contributed by atoms with Crippen LogP contribution in [0, 0.1) is 5.41 Å². The minimum atomic E-state index is 0. The molecule has 2 rings (SSSR count). The van der Waals surface area contributed by atoms with E-state index < -0.39 is 0 Å². The highest BCUT2D eigenvalue weighted by molar-refractivity contribution is 5.92. The van der Waals surface area contributed by atoms with Crippen molar-refractivity contribution in [1.82, 2.24) is 9.88 Å². The molecule has 0 spiro atoms. The summed E-state index contributed by atoms with van der Waals surface area (Å²) in [6, 6.07) is 3.43. The lowest BCUT2D eigenvalue weighted by Gasteiger charge is -2.26. The Morgan fingerprint density at radius 1 is 1.42 bits per heavy atom. The van der Waals surface area contributed by atoms with E-state index in [9.17, 15) is 4.79 Å². The monoisotopic (exact) mass is 283 g/mol. The number of halogens is 1. The quantitative estimate of drug-likeness (QED) is 0.928. The number of nitrogens with zero attached hydrogens (tertiary/aromatic N) is 2. The third kappa shape index (κ3) is 3.18. The van der Waals surface area contributed by atoms with E-state index in [1.54, 1.807) is 12.1 Å². The van der Waals surface area contributed by atoms with Gasteiger partial charge in [-0.25, -0.2) is 4.98 Å². The maximum atomic E-state index is 12.3. The molecule has 1 aliphatic heterocycles. The van der Waals surface area contributed by atoms with Crippen LogP contribution in [0.4, 0.5) is 5.69 Å². The summed E-state index contributed by atoms with van der Waals surface area (Å²) in [6.07, 6.45) is 4.89. The second kappa shape index (κ2) is 6.24. The van der Waals surface area contributed by atoms with Crippen LogP contribution in [0.25, 0.3) is 0 Å². The van der Waals surface area contributed by atoms with Gasteiger partial charge in [-0.2, -0.15) is 0 Å². The van der Waals surface area contributed by atoms with Crippen molar-refractivity contribution in [1.29, 1.82) is 0 Å². The van der Waals surface area contributed by atoms with Crippen molar-refractivity contribution in [3.63, 3.8) is 0 Å². The molecule has 0 bridgehead atoms. The average Bonchev–Trinajstić information content (AvgIpc) is 2.84. The van der Waals surface area contributed by atoms with Crippen LogP contribution in [0.15, 0.2) is 18.3 Å². The SMILES string of the molecule is CCC1(CC)CCN(C(=O)c2ccc(N)cn2)C1.Cl. The molecule has 1 aliphatic rings. The Kier molecular flexibility index (Phi) is 5.18. The molecule has 0 atom stereocenters. The molecule has 19 heavy (non-hydrogen) atoms. The van der Waals surface area contributed by atoms with E-state index in [0.29, 0.717) is 16.8 Å². The smallest absolute Gasteiger partial charge is 0.272 e. The number of nitrogens with two attached hydrogens (primary N) is 1. The summed E-state index contributed by atoms with van der Waals surface area (Å²) >= 11 is 0. The number of hydrogen-bond donors (Lipinski definition) is 1. The summed E-state index contributed by atoms with van der Waals surface area (Å²) in [5.41, 5.74) is 6.97. The van der Waals surface area contributed by atoms with Crippen molar-refractivity contribution in [2.45, 2.75) is 33.1 Å². The summed E-state index contributed by atoms with van der Waals surface area (Å²) in [6.45, 7) is 6.11. The normalized spacial score (nSPS) is 17.1. The fraction of sp³-hybridized carbons (Fsp3) is 0.571. The van der Waals surface area contributed by atoms with Gasteiger partial charge < -0.3 is 10.6 Å². The van der Waals surface area contributed by atoms with Crippen LogP contribution in [0.1, 0.15) is 43.6 Å². The van der Waals surface area contributed by atoms with Crippen molar-refractivity contribution in [2.75, 3.05) is 18.8 Å². The molecule has 1 aromatic heterocycles. The lowest BCUT2D eigenvalue weighted by Crippen LogP contribution is -2.32. The topological polar surface area (TPSA) is 59.2 Å². The molecule has 1 saturated heterocycles. The molecule has 1 fully saturated rings. The fourth-order valence-electron chi connectivity index (χ4n) is 2.63. The zero-order chi connectivity index (χ0) is 13.2. The van der Waals surface area contributed by atoms with Crippen molar-refractivity contribution in [2.24, 2.45) is 5.41 Å². The van der Waals surface area contributed by atoms with Gasteiger partial charge in [0.05, 0.1) is 11.9 Å². The summed E-state index contributed by atoms with van der Waals surface area (Å²) in [7, 11) is 0. The molecule has 2 N–H and O–H groups in total. The van der Waals surface area contributed by atoms with Gasteiger partial charge in [0.1, 0.15) is 5.69 Å². The molecule has 0 aromatic carbocycles. The summed E-state index contributed by atoms with van der Waals surface area (Å²) in [5, 5.41) is 0. The first-order chi connectivity index (χ1) is 8.60. The molecule has 4 nitrogen and oxygen atoms in total. The molecule has 2 heterocycles. The number of carbonyl (C=O) groups excluding carboxylic acids is 1. The van der Waals surface area contributed by atoms with Gasteiger partial charge >= 0.3 is 0 Å². The maximum absolute atomic E-state index is 12.3. The van der Waals surface area contributed by atoms with Gasteiger partial charge in [0.25, 0.3) is 5.91 Å². The van der Waals surface area contributed by atoms with E-state index in [4.69, 9.17) is 5.73 Å². The van der Waals surface area contributed by atoms with Crippen molar-refractivity contribution in [3.05, 3.63) is 24.0 Å². The molecule has 0 saturated carbocycles. The summed E-state index contributed by atoms with van der Waals surface area (Å²) < 4.78 is 0. The summed E-state index contributed by atoms with van der Waals surface area (Å²) in [4.78, 5) is 18.3. The van der Waals surface area contributed by atoms with Crippen LogP contribution in [-0.4, -0.2) is 28.9 Å². The number of pyridine rings is 1. The number of amides is 1. The zero-order valence-corrected chi connectivity index (χ0v) is 12.4. The Hall–Kier alpha value is -1.29. The van der Waals surface area contributed by atoms with Crippen LogP contribution in [-0.2, 0) is 0 Å². The van der Waals surface area contributed by atoms with E-state index in [1.807, 2.05) is 4.90 Å². The number of anilines is 1. The number of aromatic nitrogens is 1. The van der Waals surface area contributed by atoms with Crippen LogP contribution >= 0.6 is 12.4 Å². The first kappa shape index (κ1) is 15.8. The van der Waals surface area contributed by atoms with Gasteiger partial charge in [0.15, 0.2) is 0 Å². The van der Waals surface area contributed by atoms with E-state index in [0.717, 1.165) is 32.4 Å². The first-order valence-corrected chi connectivity index (χ1v) is 6.61. The van der Waals surface area contributed by atoms with Crippen molar-refractivity contribution < 1.29 is 4.79 Å². The molecule has 0 unspecified atom stereocenters. The van der Waals surface area contributed by atoms with Gasteiger partial charge in [-0.05, 0) is 36.8 Å². The standard InChI is InChI=1S/C14H21N3O.ClH/c1-3-14(4-2)7-8-17(10-14)13(18)12-6-5-11(15)9-16-12;/h5-6,9H,3-4,7-8,10,15H2,1-2H3;1H. The number of rotatable bonds is 3. The Balaban J connectivity index is 0.00000180. The molecule has 5 heteroatoms. The predicted molar refractivity (Wildman–Crippen MR) is 79.4 cm³/mol. The van der Waals surface area contributed by atoms with E-state index in [1.165, 1.54) is 6.20 Å². The van der Waals surface area contributed by atoms with E-state index in [2.05, 4.69) is 18.8 Å².